The summed E-state index contributed by atoms with van der Waals surface area (Å²) in [5.74, 6) is -2.16. The number of pyridine rings is 1. The van der Waals surface area contributed by atoms with Crippen LogP contribution in [0.4, 0.5) is 4.39 Å². The third-order valence-electron chi connectivity index (χ3n) is 3.50. The van der Waals surface area contributed by atoms with Gasteiger partial charge in [0.2, 0.25) is 5.78 Å². The molecular formula is C18H11FN4O2. The maximum absolute atomic E-state index is 13.0. The average molecular weight is 334 g/mol. The van der Waals surface area contributed by atoms with Gasteiger partial charge in [0.25, 0.3) is 5.56 Å². The molecule has 0 spiro atoms. The summed E-state index contributed by atoms with van der Waals surface area (Å²) in [5, 5.41) is 13.4. The number of halogens is 1. The summed E-state index contributed by atoms with van der Waals surface area (Å²) in [5.41, 5.74) is 0.0827. The highest BCUT2D eigenvalue weighted by Gasteiger charge is 2.24. The van der Waals surface area contributed by atoms with E-state index in [1.807, 2.05) is 6.07 Å². The Balaban J connectivity index is 2.02. The van der Waals surface area contributed by atoms with E-state index in [1.165, 1.54) is 42.6 Å². The maximum atomic E-state index is 13.0. The molecule has 0 radical (unpaired) electrons. The number of ketones is 1. The molecule has 0 saturated heterocycles. The van der Waals surface area contributed by atoms with Crippen molar-refractivity contribution in [2.24, 2.45) is 0 Å². The molecule has 0 amide bonds. The fourth-order valence-electron chi connectivity index (χ4n) is 2.26. The molecule has 2 heterocycles. The van der Waals surface area contributed by atoms with Gasteiger partial charge < -0.3 is 0 Å². The number of carbonyl (C=O) groups is 1. The van der Waals surface area contributed by atoms with Crippen molar-refractivity contribution in [3.05, 3.63) is 88.4 Å². The van der Waals surface area contributed by atoms with Gasteiger partial charge in [-0.25, -0.2) is 4.39 Å². The van der Waals surface area contributed by atoms with Gasteiger partial charge in [-0.05, 0) is 42.5 Å². The lowest BCUT2D eigenvalue weighted by molar-refractivity contribution is 0.0971. The third kappa shape index (κ3) is 3.33. The van der Waals surface area contributed by atoms with Crippen LogP contribution in [0.2, 0.25) is 0 Å². The van der Waals surface area contributed by atoms with E-state index in [2.05, 4.69) is 10.1 Å². The van der Waals surface area contributed by atoms with Crippen LogP contribution in [0.3, 0.4) is 0 Å². The molecule has 2 aromatic heterocycles. The summed E-state index contributed by atoms with van der Waals surface area (Å²) < 4.78 is 14.0. The van der Waals surface area contributed by atoms with Crippen molar-refractivity contribution in [1.82, 2.24) is 14.8 Å². The molecule has 3 rings (SSSR count). The van der Waals surface area contributed by atoms with Crippen LogP contribution in [0.15, 0.2) is 65.6 Å². The normalized spacial score (nSPS) is 11.5. The van der Waals surface area contributed by atoms with E-state index >= 15 is 0 Å². The molecule has 1 atom stereocenters. The standard InChI is InChI=1S/C18H11FN4O2/c19-12-4-6-13(7-5-12)23-17(24)9-8-16(22-23)18(25)14(11-20)15-3-1-2-10-21-15/h1-10,14H/t14-/m1/s1. The van der Waals surface area contributed by atoms with E-state index in [4.69, 9.17) is 0 Å². The molecule has 25 heavy (non-hydrogen) atoms. The maximum Gasteiger partial charge on any atom is 0.271 e. The molecule has 0 N–H and O–H groups in total. The van der Waals surface area contributed by atoms with E-state index in [0.717, 1.165) is 4.68 Å². The van der Waals surface area contributed by atoms with Gasteiger partial charge in [0.05, 0.1) is 17.5 Å². The van der Waals surface area contributed by atoms with Gasteiger partial charge >= 0.3 is 0 Å². The third-order valence-corrected chi connectivity index (χ3v) is 3.50. The van der Waals surface area contributed by atoms with Crippen molar-refractivity contribution < 1.29 is 9.18 Å². The number of Topliss-reactive ketones (excluding diaryl/α,β-unsaturated/α-hetero) is 1. The Hall–Kier alpha value is -3.66. The Kier molecular flexibility index (Phi) is 4.44. The van der Waals surface area contributed by atoms with Crippen molar-refractivity contribution in [3.63, 3.8) is 0 Å². The second-order valence-electron chi connectivity index (χ2n) is 5.13. The molecule has 7 heteroatoms. The predicted molar refractivity (Wildman–Crippen MR) is 86.7 cm³/mol. The first-order valence-electron chi connectivity index (χ1n) is 7.31. The van der Waals surface area contributed by atoms with E-state index in [1.54, 1.807) is 18.2 Å². The number of aromatic nitrogens is 3. The van der Waals surface area contributed by atoms with Gasteiger partial charge in [-0.15, -0.1) is 0 Å². The highest BCUT2D eigenvalue weighted by Crippen LogP contribution is 2.17. The first kappa shape index (κ1) is 16.2. The fraction of sp³-hybridized carbons (Fsp3) is 0.0556. The van der Waals surface area contributed by atoms with Crippen molar-refractivity contribution in [3.8, 4) is 11.8 Å². The molecule has 0 saturated carbocycles. The van der Waals surface area contributed by atoms with E-state index in [9.17, 15) is 19.2 Å². The van der Waals surface area contributed by atoms with Gasteiger partial charge in [-0.3, -0.25) is 14.6 Å². The number of benzene rings is 1. The predicted octanol–water partition coefficient (Wildman–Crippen LogP) is 2.26. The van der Waals surface area contributed by atoms with Crippen molar-refractivity contribution in [1.29, 1.82) is 5.26 Å². The van der Waals surface area contributed by atoms with Crippen LogP contribution in [-0.4, -0.2) is 20.5 Å². The minimum atomic E-state index is -1.13. The molecular weight excluding hydrogens is 323 g/mol. The van der Waals surface area contributed by atoms with Gasteiger partial charge in [-0.2, -0.15) is 15.0 Å². The van der Waals surface area contributed by atoms with Crippen molar-refractivity contribution >= 4 is 5.78 Å². The highest BCUT2D eigenvalue weighted by molar-refractivity contribution is 6.00. The lowest BCUT2D eigenvalue weighted by Crippen LogP contribution is -2.24. The number of hydrogen-bond acceptors (Lipinski definition) is 5. The topological polar surface area (TPSA) is 88.6 Å². The Morgan fingerprint density at radius 2 is 1.88 bits per heavy atom. The van der Waals surface area contributed by atoms with Crippen LogP contribution in [0, 0.1) is 17.1 Å². The van der Waals surface area contributed by atoms with Gasteiger partial charge in [0, 0.05) is 12.3 Å². The molecule has 0 unspecified atom stereocenters. The largest absolute Gasteiger partial charge is 0.290 e. The molecule has 122 valence electrons. The van der Waals surface area contributed by atoms with Gasteiger partial charge in [0.15, 0.2) is 5.92 Å². The molecule has 0 fully saturated rings. The molecule has 0 aliphatic heterocycles. The zero-order chi connectivity index (χ0) is 17.8. The first-order valence-corrected chi connectivity index (χ1v) is 7.31. The second-order valence-corrected chi connectivity index (χ2v) is 5.13. The fourth-order valence-corrected chi connectivity index (χ4v) is 2.26. The van der Waals surface area contributed by atoms with Crippen LogP contribution in [-0.2, 0) is 0 Å². The Morgan fingerprint density at radius 3 is 2.52 bits per heavy atom. The van der Waals surface area contributed by atoms with Crippen LogP contribution < -0.4 is 5.56 Å². The monoisotopic (exact) mass is 334 g/mol. The lowest BCUT2D eigenvalue weighted by Gasteiger charge is -2.09. The summed E-state index contributed by atoms with van der Waals surface area (Å²) in [7, 11) is 0. The first-order chi connectivity index (χ1) is 12.1. The van der Waals surface area contributed by atoms with Gasteiger partial charge in [-0.1, -0.05) is 6.07 Å². The molecule has 3 aromatic rings. The summed E-state index contributed by atoms with van der Waals surface area (Å²) >= 11 is 0. The van der Waals surface area contributed by atoms with E-state index < -0.39 is 23.1 Å². The van der Waals surface area contributed by atoms with Gasteiger partial charge in [0.1, 0.15) is 11.5 Å². The highest BCUT2D eigenvalue weighted by atomic mass is 19.1. The summed E-state index contributed by atoms with van der Waals surface area (Å²) in [6.07, 6.45) is 1.49. The Labute approximate surface area is 141 Å². The SMILES string of the molecule is N#C[C@@H](C(=O)c1ccc(=O)n(-c2ccc(F)cc2)n1)c1ccccn1. The van der Waals surface area contributed by atoms with Crippen LogP contribution in [0.25, 0.3) is 5.69 Å². The minimum absolute atomic E-state index is 0.0545. The van der Waals surface area contributed by atoms with Crippen molar-refractivity contribution in [2.75, 3.05) is 0 Å². The van der Waals surface area contributed by atoms with Crippen LogP contribution >= 0.6 is 0 Å². The number of hydrogen-bond donors (Lipinski definition) is 0. The number of carbonyl (C=O) groups excluding carboxylic acids is 1. The summed E-state index contributed by atoms with van der Waals surface area (Å²) in [6, 6.07) is 14.4. The molecule has 0 bridgehead atoms. The van der Waals surface area contributed by atoms with Crippen LogP contribution in [0.1, 0.15) is 22.1 Å². The van der Waals surface area contributed by atoms with E-state index in [0.29, 0.717) is 11.4 Å². The second kappa shape index (κ2) is 6.84. The number of rotatable bonds is 4. The van der Waals surface area contributed by atoms with Crippen LogP contribution in [0.5, 0.6) is 0 Å². The molecule has 1 aromatic carbocycles. The smallest absolute Gasteiger partial charge is 0.271 e. The minimum Gasteiger partial charge on any atom is -0.290 e. The summed E-state index contributed by atoms with van der Waals surface area (Å²) in [6.45, 7) is 0. The number of nitriles is 1. The summed E-state index contributed by atoms with van der Waals surface area (Å²) in [4.78, 5) is 28.7. The average Bonchev–Trinajstić information content (AvgIpc) is 2.64. The number of nitrogens with zero attached hydrogens (tertiary/aromatic N) is 4. The zero-order valence-corrected chi connectivity index (χ0v) is 12.8. The molecule has 0 aliphatic carbocycles. The van der Waals surface area contributed by atoms with Crippen molar-refractivity contribution in [2.45, 2.75) is 5.92 Å². The molecule has 0 aliphatic rings. The molecule has 6 nitrogen and oxygen atoms in total. The zero-order valence-electron chi connectivity index (χ0n) is 12.8. The Morgan fingerprint density at radius 1 is 1.12 bits per heavy atom. The van der Waals surface area contributed by atoms with E-state index in [-0.39, 0.29) is 5.69 Å². The lowest BCUT2D eigenvalue weighted by atomic mass is 9.99. The Bertz CT molecular complexity index is 1010. The quantitative estimate of drug-likeness (QED) is 0.683.